The average Bonchev–Trinajstić information content (AvgIpc) is 2.97. The molecule has 6 nitrogen and oxygen atoms in total. The highest BCUT2D eigenvalue weighted by Gasteiger charge is 2.42. The lowest BCUT2D eigenvalue weighted by Crippen LogP contribution is -2.50. The summed E-state index contributed by atoms with van der Waals surface area (Å²) >= 11 is 0. The van der Waals surface area contributed by atoms with Crippen LogP contribution >= 0.6 is 0 Å². The van der Waals surface area contributed by atoms with Crippen LogP contribution in [-0.4, -0.2) is 66.9 Å². The van der Waals surface area contributed by atoms with Gasteiger partial charge in [0.25, 0.3) is 0 Å². The van der Waals surface area contributed by atoms with E-state index in [0.29, 0.717) is 26.3 Å². The van der Waals surface area contributed by atoms with E-state index in [2.05, 4.69) is 4.98 Å². The Bertz CT molecular complexity index is 505. The molecule has 0 saturated carbocycles. The molecule has 1 atom stereocenters. The Labute approximate surface area is 131 Å². The van der Waals surface area contributed by atoms with Gasteiger partial charge in [0.1, 0.15) is 6.04 Å². The van der Waals surface area contributed by atoms with Crippen LogP contribution in [0.1, 0.15) is 24.4 Å². The Morgan fingerprint density at radius 1 is 1.32 bits per heavy atom. The Kier molecular flexibility index (Phi) is 4.42. The molecule has 0 bridgehead atoms. The molecule has 0 radical (unpaired) electrons. The lowest BCUT2D eigenvalue weighted by Gasteiger charge is -2.39. The van der Waals surface area contributed by atoms with Gasteiger partial charge in [-0.05, 0) is 25.7 Å². The summed E-state index contributed by atoms with van der Waals surface area (Å²) in [5, 5.41) is 0. The van der Waals surface area contributed by atoms with E-state index in [1.54, 1.807) is 12.4 Å². The van der Waals surface area contributed by atoms with Crippen molar-refractivity contribution >= 4 is 5.91 Å². The minimum Gasteiger partial charge on any atom is -0.347 e. The fourth-order valence-electron chi connectivity index (χ4n) is 3.23. The predicted molar refractivity (Wildman–Crippen MR) is 81.1 cm³/mol. The fraction of sp³-hybridized carbons (Fsp3) is 0.625. The first kappa shape index (κ1) is 15.4. The third-order valence-corrected chi connectivity index (χ3v) is 4.40. The largest absolute Gasteiger partial charge is 0.347 e. The van der Waals surface area contributed by atoms with Crippen molar-refractivity contribution in [2.24, 2.45) is 0 Å². The van der Waals surface area contributed by atoms with Crippen molar-refractivity contribution < 1.29 is 14.3 Å². The molecule has 1 spiro atoms. The number of pyridine rings is 1. The Morgan fingerprint density at radius 2 is 2.00 bits per heavy atom. The molecular formula is C16H23N3O3. The molecule has 3 rings (SSSR count). The number of carbonyl (C=O) groups is 1. The quantitative estimate of drug-likeness (QED) is 0.835. The van der Waals surface area contributed by atoms with Gasteiger partial charge in [-0.1, -0.05) is 6.07 Å². The number of aromatic nitrogens is 1. The molecule has 22 heavy (non-hydrogen) atoms. The van der Waals surface area contributed by atoms with Gasteiger partial charge in [-0.15, -0.1) is 0 Å². The zero-order valence-corrected chi connectivity index (χ0v) is 13.2. The second-order valence-corrected chi connectivity index (χ2v) is 6.09. The highest BCUT2D eigenvalue weighted by Crippen LogP contribution is 2.32. The number of nitrogens with zero attached hydrogens (tertiary/aromatic N) is 3. The number of piperidine rings is 1. The molecule has 1 unspecified atom stereocenters. The first-order chi connectivity index (χ1) is 10.6. The van der Waals surface area contributed by atoms with E-state index in [9.17, 15) is 4.79 Å². The van der Waals surface area contributed by atoms with E-state index in [1.165, 1.54) is 0 Å². The lowest BCUT2D eigenvalue weighted by molar-refractivity contribution is -0.188. The van der Waals surface area contributed by atoms with Crippen LogP contribution in [0.15, 0.2) is 24.5 Å². The molecule has 2 aliphatic heterocycles. The van der Waals surface area contributed by atoms with Crippen LogP contribution in [0.5, 0.6) is 0 Å². The van der Waals surface area contributed by atoms with Gasteiger partial charge in [-0.25, -0.2) is 0 Å². The van der Waals surface area contributed by atoms with Gasteiger partial charge >= 0.3 is 0 Å². The maximum Gasteiger partial charge on any atom is 0.244 e. The topological polar surface area (TPSA) is 54.9 Å². The SMILES string of the molecule is CN(C)C(C(=O)N1CCC2(CC1)OCCO2)c1cccnc1. The first-order valence-corrected chi connectivity index (χ1v) is 7.74. The molecule has 120 valence electrons. The molecular weight excluding hydrogens is 282 g/mol. The summed E-state index contributed by atoms with van der Waals surface area (Å²) in [5.74, 6) is -0.329. The normalized spacial score (nSPS) is 22.2. The molecule has 0 aliphatic carbocycles. The molecule has 1 aromatic rings. The third-order valence-electron chi connectivity index (χ3n) is 4.40. The Hall–Kier alpha value is -1.50. The zero-order chi connectivity index (χ0) is 15.6. The number of carbonyl (C=O) groups excluding carboxylic acids is 1. The molecule has 2 fully saturated rings. The summed E-state index contributed by atoms with van der Waals surface area (Å²) in [7, 11) is 3.84. The highest BCUT2D eigenvalue weighted by atomic mass is 16.7. The minimum atomic E-state index is -0.446. The highest BCUT2D eigenvalue weighted by molar-refractivity contribution is 5.83. The van der Waals surface area contributed by atoms with Crippen molar-refractivity contribution in [3.05, 3.63) is 30.1 Å². The monoisotopic (exact) mass is 305 g/mol. The van der Waals surface area contributed by atoms with Crippen molar-refractivity contribution in [1.29, 1.82) is 0 Å². The van der Waals surface area contributed by atoms with Crippen LogP contribution in [0.4, 0.5) is 0 Å². The van der Waals surface area contributed by atoms with Crippen molar-refractivity contribution in [3.8, 4) is 0 Å². The lowest BCUT2D eigenvalue weighted by atomic mass is 10.0. The molecule has 2 saturated heterocycles. The number of rotatable bonds is 3. The smallest absolute Gasteiger partial charge is 0.244 e. The van der Waals surface area contributed by atoms with Crippen molar-refractivity contribution in [2.75, 3.05) is 40.4 Å². The van der Waals surface area contributed by atoms with Gasteiger partial charge in [0.2, 0.25) is 5.91 Å². The molecule has 6 heteroatoms. The standard InChI is InChI=1S/C16H23N3O3/c1-18(2)14(13-4-3-7-17-12-13)15(20)19-8-5-16(6-9-19)21-10-11-22-16/h3-4,7,12,14H,5-6,8-11H2,1-2H3. The van der Waals surface area contributed by atoms with E-state index >= 15 is 0 Å². The summed E-state index contributed by atoms with van der Waals surface area (Å²) in [5.41, 5.74) is 0.922. The van der Waals surface area contributed by atoms with Gasteiger partial charge in [-0.3, -0.25) is 14.7 Å². The number of ether oxygens (including phenoxy) is 2. The average molecular weight is 305 g/mol. The third kappa shape index (κ3) is 2.99. The molecule has 1 aromatic heterocycles. The van der Waals surface area contributed by atoms with Gasteiger partial charge in [-0.2, -0.15) is 0 Å². The summed E-state index contributed by atoms with van der Waals surface area (Å²) in [4.78, 5) is 20.9. The van der Waals surface area contributed by atoms with Gasteiger partial charge < -0.3 is 14.4 Å². The number of likely N-dealkylation sites (tertiary alicyclic amines) is 1. The van der Waals surface area contributed by atoms with Gasteiger partial charge in [0, 0.05) is 38.3 Å². The second kappa shape index (κ2) is 6.32. The molecule has 2 aliphatic rings. The summed E-state index contributed by atoms with van der Waals surface area (Å²) in [6.45, 7) is 2.65. The molecule has 0 N–H and O–H groups in total. The van der Waals surface area contributed by atoms with Crippen LogP contribution < -0.4 is 0 Å². The number of amides is 1. The van der Waals surface area contributed by atoms with Gasteiger partial charge in [0.15, 0.2) is 5.79 Å². The molecule has 3 heterocycles. The van der Waals surface area contributed by atoms with Crippen LogP contribution in [0.2, 0.25) is 0 Å². The van der Waals surface area contributed by atoms with E-state index in [4.69, 9.17) is 9.47 Å². The molecule has 1 amide bonds. The first-order valence-electron chi connectivity index (χ1n) is 7.74. The van der Waals surface area contributed by atoms with Crippen molar-refractivity contribution in [3.63, 3.8) is 0 Å². The number of likely N-dealkylation sites (N-methyl/N-ethyl adjacent to an activating group) is 1. The van der Waals surface area contributed by atoms with E-state index in [0.717, 1.165) is 18.4 Å². The zero-order valence-electron chi connectivity index (χ0n) is 13.2. The van der Waals surface area contributed by atoms with E-state index < -0.39 is 5.79 Å². The van der Waals surface area contributed by atoms with Crippen LogP contribution in [0, 0.1) is 0 Å². The predicted octanol–water partition coefficient (Wildman–Crippen LogP) is 1.05. The second-order valence-electron chi connectivity index (χ2n) is 6.09. The van der Waals surface area contributed by atoms with E-state index in [1.807, 2.05) is 36.0 Å². The van der Waals surface area contributed by atoms with Crippen LogP contribution in [0.3, 0.4) is 0 Å². The van der Waals surface area contributed by atoms with Gasteiger partial charge in [0.05, 0.1) is 13.2 Å². The Balaban J connectivity index is 1.69. The molecule has 0 aromatic carbocycles. The number of hydrogen-bond acceptors (Lipinski definition) is 5. The van der Waals surface area contributed by atoms with Crippen LogP contribution in [-0.2, 0) is 14.3 Å². The summed E-state index contributed by atoms with van der Waals surface area (Å²) in [6.07, 6.45) is 4.97. The number of hydrogen-bond donors (Lipinski definition) is 0. The fourth-order valence-corrected chi connectivity index (χ4v) is 3.23. The minimum absolute atomic E-state index is 0.117. The van der Waals surface area contributed by atoms with Crippen LogP contribution in [0.25, 0.3) is 0 Å². The van der Waals surface area contributed by atoms with E-state index in [-0.39, 0.29) is 11.9 Å². The summed E-state index contributed by atoms with van der Waals surface area (Å²) in [6, 6.07) is 3.52. The maximum atomic E-state index is 12.9. The Morgan fingerprint density at radius 3 is 2.55 bits per heavy atom. The van der Waals surface area contributed by atoms with Crippen molar-refractivity contribution in [2.45, 2.75) is 24.7 Å². The maximum absolute atomic E-state index is 12.9. The van der Waals surface area contributed by atoms with Crippen molar-refractivity contribution in [1.82, 2.24) is 14.8 Å². The summed E-state index contributed by atoms with van der Waals surface area (Å²) < 4.78 is 11.4.